The van der Waals surface area contributed by atoms with Gasteiger partial charge in [-0.3, -0.25) is 9.98 Å². The first-order valence-electron chi connectivity index (χ1n) is 9.93. The Morgan fingerprint density at radius 2 is 1.18 bits per heavy atom. The van der Waals surface area contributed by atoms with Crippen LogP contribution in [0.1, 0.15) is 11.1 Å². The maximum absolute atomic E-state index is 10.9. The van der Waals surface area contributed by atoms with Crippen LogP contribution in [0, 0.1) is 0 Å². The Balaban J connectivity index is 0.000000968. The van der Waals surface area contributed by atoms with Crippen LogP contribution in [-0.4, -0.2) is 22.6 Å². The number of aromatic hydroxyl groups is 2. The van der Waals surface area contributed by atoms with Crippen molar-refractivity contribution in [2.75, 3.05) is 0 Å². The van der Waals surface area contributed by atoms with Gasteiger partial charge in [0.1, 0.15) is 11.5 Å². The zero-order valence-electron chi connectivity index (χ0n) is 17.4. The number of benzene rings is 4. The SMILES string of the molecule is Oc1ccccc1C=Nc1ccccc1-c1cccc(C=Nc2ccccc2)c1O.[Cl][Ti][Cl]. The molecule has 33 heavy (non-hydrogen) atoms. The predicted molar refractivity (Wildman–Crippen MR) is 134 cm³/mol. The number of para-hydroxylation sites is 4. The van der Waals surface area contributed by atoms with Gasteiger partial charge in [0.25, 0.3) is 0 Å². The molecule has 0 bridgehead atoms. The molecule has 0 saturated heterocycles. The average Bonchev–Trinajstić information content (AvgIpc) is 2.84. The van der Waals surface area contributed by atoms with Crippen molar-refractivity contribution in [3.8, 4) is 22.6 Å². The van der Waals surface area contributed by atoms with E-state index in [0.717, 1.165) is 11.3 Å². The molecule has 4 aromatic rings. The topological polar surface area (TPSA) is 65.2 Å². The molecule has 4 aromatic carbocycles. The summed E-state index contributed by atoms with van der Waals surface area (Å²) in [7, 11) is 9.78. The van der Waals surface area contributed by atoms with Gasteiger partial charge in [-0.15, -0.1) is 0 Å². The summed E-state index contributed by atoms with van der Waals surface area (Å²) in [5.74, 6) is 0.308. The molecule has 0 saturated carbocycles. The molecule has 0 unspecified atom stereocenters. The zero-order chi connectivity index (χ0) is 23.5. The van der Waals surface area contributed by atoms with Crippen LogP contribution in [0.3, 0.4) is 0 Å². The van der Waals surface area contributed by atoms with Crippen molar-refractivity contribution in [2.24, 2.45) is 9.98 Å². The third-order valence-corrected chi connectivity index (χ3v) is 4.65. The molecule has 0 heterocycles. The first kappa shape index (κ1) is 24.8. The van der Waals surface area contributed by atoms with Gasteiger partial charge >= 0.3 is 35.6 Å². The molecule has 164 valence electrons. The van der Waals surface area contributed by atoms with E-state index < -0.39 is 17.0 Å². The van der Waals surface area contributed by atoms with Gasteiger partial charge in [0.05, 0.1) is 11.4 Å². The number of halogens is 2. The molecule has 7 heteroatoms. The number of phenols is 2. The molecule has 0 fully saturated rings. The van der Waals surface area contributed by atoms with Crippen LogP contribution in [0.5, 0.6) is 11.5 Å². The number of phenolic OH excluding ortho intramolecular Hbond substituents is 2. The van der Waals surface area contributed by atoms with Crippen molar-refractivity contribution in [1.82, 2.24) is 0 Å². The molecule has 0 atom stereocenters. The fraction of sp³-hybridized carbons (Fsp3) is 0. The van der Waals surface area contributed by atoms with Gasteiger partial charge in [-0.25, -0.2) is 0 Å². The third-order valence-electron chi connectivity index (χ3n) is 4.65. The van der Waals surface area contributed by atoms with Gasteiger partial charge in [-0.1, -0.05) is 60.7 Å². The molecular formula is C26H20Cl2N2O2Ti. The first-order chi connectivity index (χ1) is 16.1. The van der Waals surface area contributed by atoms with Crippen LogP contribution in [0.25, 0.3) is 11.1 Å². The van der Waals surface area contributed by atoms with Gasteiger partial charge in [0, 0.05) is 34.7 Å². The normalized spacial score (nSPS) is 10.7. The monoisotopic (exact) mass is 510 g/mol. The Labute approximate surface area is 209 Å². The van der Waals surface area contributed by atoms with Gasteiger partial charge in [-0.05, 0) is 36.4 Å². The molecule has 0 aliphatic heterocycles. The molecule has 0 amide bonds. The summed E-state index contributed by atoms with van der Waals surface area (Å²) in [6, 6.07) is 29.7. The minimum atomic E-state index is -0.556. The summed E-state index contributed by atoms with van der Waals surface area (Å²) in [5, 5.41) is 20.9. The van der Waals surface area contributed by atoms with Crippen molar-refractivity contribution in [2.45, 2.75) is 0 Å². The predicted octanol–water partition coefficient (Wildman–Crippen LogP) is 7.64. The van der Waals surface area contributed by atoms with Crippen molar-refractivity contribution in [1.29, 1.82) is 0 Å². The van der Waals surface area contributed by atoms with E-state index in [1.165, 1.54) is 0 Å². The fourth-order valence-electron chi connectivity index (χ4n) is 3.09. The standard InChI is InChI=1S/C26H20N2O2.2ClH.Ti/c29-25-16-7-4-9-19(25)17-28-24-15-6-5-13-22(24)23-14-8-10-20(26(23)30)18-27-21-11-2-1-3-12-21;;;/h1-18,29-30H;2*1H;/q;;;+2/p-2. The molecule has 0 radical (unpaired) electrons. The van der Waals surface area contributed by atoms with Crippen LogP contribution in [0.2, 0.25) is 0 Å². The Kier molecular flexibility index (Phi) is 9.73. The Hall–Kier alpha value is -2.89. The van der Waals surface area contributed by atoms with Crippen LogP contribution < -0.4 is 0 Å². The van der Waals surface area contributed by atoms with E-state index in [2.05, 4.69) is 9.98 Å². The molecule has 4 nitrogen and oxygen atoms in total. The number of aliphatic imine (C=N–C) groups is 2. The summed E-state index contributed by atoms with van der Waals surface area (Å²) in [6.07, 6.45) is 3.27. The van der Waals surface area contributed by atoms with Gasteiger partial charge in [0.15, 0.2) is 0 Å². The second kappa shape index (κ2) is 13.0. The van der Waals surface area contributed by atoms with Gasteiger partial charge in [-0.2, -0.15) is 0 Å². The number of nitrogens with zero attached hydrogens (tertiary/aromatic N) is 2. The Bertz CT molecular complexity index is 1250. The molecule has 0 aliphatic carbocycles. The molecule has 0 aromatic heterocycles. The Morgan fingerprint density at radius 1 is 0.606 bits per heavy atom. The molecule has 2 N–H and O–H groups in total. The second-order valence-electron chi connectivity index (χ2n) is 6.74. The van der Waals surface area contributed by atoms with E-state index in [9.17, 15) is 10.2 Å². The maximum atomic E-state index is 10.9. The van der Waals surface area contributed by atoms with Gasteiger partial charge < -0.3 is 10.2 Å². The summed E-state index contributed by atoms with van der Waals surface area (Å²) < 4.78 is 0. The summed E-state index contributed by atoms with van der Waals surface area (Å²) >= 11 is -0.556. The van der Waals surface area contributed by atoms with E-state index in [-0.39, 0.29) is 11.5 Å². The first-order valence-corrected chi connectivity index (χ1v) is 14.2. The van der Waals surface area contributed by atoms with E-state index in [1.807, 2.05) is 78.9 Å². The van der Waals surface area contributed by atoms with Crippen LogP contribution >= 0.6 is 18.6 Å². The molecule has 0 spiro atoms. The quantitative estimate of drug-likeness (QED) is 0.214. The zero-order valence-corrected chi connectivity index (χ0v) is 20.5. The van der Waals surface area contributed by atoms with E-state index >= 15 is 0 Å². The molecule has 4 rings (SSSR count). The third kappa shape index (κ3) is 7.05. The van der Waals surface area contributed by atoms with E-state index in [0.29, 0.717) is 22.4 Å². The fourth-order valence-corrected chi connectivity index (χ4v) is 3.09. The van der Waals surface area contributed by atoms with E-state index in [1.54, 1.807) is 30.6 Å². The summed E-state index contributed by atoms with van der Waals surface area (Å²) in [6.45, 7) is 0. The number of hydrogen-bond donors (Lipinski definition) is 2. The van der Waals surface area contributed by atoms with E-state index in [4.69, 9.17) is 18.6 Å². The van der Waals surface area contributed by atoms with Gasteiger partial charge in [0.2, 0.25) is 0 Å². The van der Waals surface area contributed by atoms with Crippen LogP contribution in [0.4, 0.5) is 11.4 Å². The Morgan fingerprint density at radius 3 is 1.94 bits per heavy atom. The molecular weight excluding hydrogens is 491 g/mol. The summed E-state index contributed by atoms with van der Waals surface area (Å²) in [5.41, 5.74) is 4.20. The average molecular weight is 511 g/mol. The minimum absolute atomic E-state index is 0.141. The van der Waals surface area contributed by atoms with Crippen molar-refractivity contribution in [3.05, 3.63) is 108 Å². The van der Waals surface area contributed by atoms with Crippen molar-refractivity contribution >= 4 is 42.4 Å². The molecule has 0 aliphatic rings. The number of rotatable bonds is 5. The number of hydrogen-bond acceptors (Lipinski definition) is 4. The van der Waals surface area contributed by atoms with Crippen LogP contribution in [0.15, 0.2) is 107 Å². The summed E-state index contributed by atoms with van der Waals surface area (Å²) in [4.78, 5) is 8.99. The van der Waals surface area contributed by atoms with Crippen LogP contribution in [-0.2, 0) is 17.0 Å². The van der Waals surface area contributed by atoms with Crippen molar-refractivity contribution < 1.29 is 27.2 Å². The second-order valence-corrected chi connectivity index (χ2v) is 9.32. The van der Waals surface area contributed by atoms with Crippen molar-refractivity contribution in [3.63, 3.8) is 0 Å².